The van der Waals surface area contributed by atoms with Crippen molar-refractivity contribution >= 4 is 12.0 Å². The fourth-order valence-electron chi connectivity index (χ4n) is 2.98. The van der Waals surface area contributed by atoms with Gasteiger partial charge >= 0.3 is 0 Å². The second-order valence-corrected chi connectivity index (χ2v) is 6.27. The maximum atomic E-state index is 12.8. The summed E-state index contributed by atoms with van der Waals surface area (Å²) in [6.45, 7) is 4.46. The molecule has 0 aliphatic carbocycles. The molecular formula is C23H26N2O4. The van der Waals surface area contributed by atoms with Gasteiger partial charge in [0, 0.05) is 12.6 Å². The van der Waals surface area contributed by atoms with Crippen LogP contribution in [0.15, 0.2) is 48.5 Å². The minimum atomic E-state index is -0.0939. The van der Waals surface area contributed by atoms with Gasteiger partial charge in [0.15, 0.2) is 18.1 Å². The Morgan fingerprint density at radius 3 is 2.62 bits per heavy atom. The molecule has 6 heteroatoms. The number of hydrogen-bond acceptors (Lipinski definition) is 5. The molecule has 0 saturated heterocycles. The lowest BCUT2D eigenvalue weighted by Crippen LogP contribution is -2.32. The average molecular weight is 394 g/mol. The zero-order valence-corrected chi connectivity index (χ0v) is 17.2. The van der Waals surface area contributed by atoms with Crippen molar-refractivity contribution in [2.24, 2.45) is 0 Å². The van der Waals surface area contributed by atoms with E-state index < -0.39 is 0 Å². The van der Waals surface area contributed by atoms with Gasteiger partial charge in [0.05, 0.1) is 20.3 Å². The van der Waals surface area contributed by atoms with Gasteiger partial charge in [-0.1, -0.05) is 18.2 Å². The van der Waals surface area contributed by atoms with Crippen LogP contribution in [0.1, 0.15) is 31.0 Å². The normalized spacial score (nSPS) is 11.6. The van der Waals surface area contributed by atoms with Gasteiger partial charge in [0.25, 0.3) is 0 Å². The van der Waals surface area contributed by atoms with E-state index in [1.165, 1.54) is 7.11 Å². The number of carbonyl (C=O) groups excluding carboxylic acids is 1. The molecule has 0 aromatic heterocycles. The van der Waals surface area contributed by atoms with Crippen molar-refractivity contribution in [2.45, 2.75) is 19.9 Å². The van der Waals surface area contributed by atoms with E-state index in [-0.39, 0.29) is 18.6 Å². The summed E-state index contributed by atoms with van der Waals surface area (Å²) >= 11 is 0. The summed E-state index contributed by atoms with van der Waals surface area (Å²) in [5, 5.41) is 8.65. The van der Waals surface area contributed by atoms with Crippen molar-refractivity contribution in [3.05, 3.63) is 59.7 Å². The smallest absolute Gasteiger partial charge is 0.247 e. The van der Waals surface area contributed by atoms with Crippen molar-refractivity contribution in [1.29, 1.82) is 5.26 Å². The number of hydrogen-bond donors (Lipinski definition) is 0. The van der Waals surface area contributed by atoms with E-state index in [1.807, 2.05) is 44.2 Å². The zero-order chi connectivity index (χ0) is 21.2. The monoisotopic (exact) mass is 394 g/mol. The third kappa shape index (κ3) is 5.76. The van der Waals surface area contributed by atoms with E-state index in [2.05, 4.69) is 0 Å². The highest BCUT2D eigenvalue weighted by Crippen LogP contribution is 2.29. The molecule has 1 atom stereocenters. The number of amides is 1. The molecular weight excluding hydrogens is 368 g/mol. The number of ether oxygens (including phenoxy) is 3. The lowest BCUT2D eigenvalue weighted by atomic mass is 10.1. The van der Waals surface area contributed by atoms with Crippen LogP contribution in [-0.2, 0) is 4.79 Å². The number of methoxy groups -OCH3 is 2. The first kappa shape index (κ1) is 21.8. The first-order valence-corrected chi connectivity index (χ1v) is 9.34. The number of nitrogens with zero attached hydrogens (tertiary/aromatic N) is 2. The molecule has 6 nitrogen and oxygen atoms in total. The number of rotatable bonds is 9. The average Bonchev–Trinajstić information content (AvgIpc) is 2.76. The van der Waals surface area contributed by atoms with E-state index in [4.69, 9.17) is 19.5 Å². The van der Waals surface area contributed by atoms with Gasteiger partial charge in [-0.15, -0.1) is 0 Å². The molecule has 0 N–H and O–H groups in total. The molecule has 2 aromatic rings. The summed E-state index contributed by atoms with van der Waals surface area (Å²) in [6, 6.07) is 14.8. The van der Waals surface area contributed by atoms with Crippen LogP contribution in [0.5, 0.6) is 17.2 Å². The third-order valence-corrected chi connectivity index (χ3v) is 4.57. The molecule has 0 bridgehead atoms. The second kappa shape index (κ2) is 10.8. The van der Waals surface area contributed by atoms with Crippen LogP contribution in [-0.4, -0.2) is 38.2 Å². The molecule has 0 radical (unpaired) electrons. The molecule has 0 saturated carbocycles. The molecule has 0 spiro atoms. The number of benzene rings is 2. The zero-order valence-electron chi connectivity index (χ0n) is 17.2. The van der Waals surface area contributed by atoms with Crippen LogP contribution < -0.4 is 14.2 Å². The van der Waals surface area contributed by atoms with Crippen molar-refractivity contribution in [1.82, 2.24) is 4.90 Å². The van der Waals surface area contributed by atoms with Gasteiger partial charge in [-0.05, 0) is 55.3 Å². The van der Waals surface area contributed by atoms with Gasteiger partial charge in [-0.3, -0.25) is 4.79 Å². The summed E-state index contributed by atoms with van der Waals surface area (Å²) in [5.74, 6) is 1.66. The minimum Gasteiger partial charge on any atom is -0.497 e. The first-order chi connectivity index (χ1) is 14.0. The first-order valence-electron chi connectivity index (χ1n) is 9.34. The summed E-state index contributed by atoms with van der Waals surface area (Å²) in [4.78, 5) is 14.6. The van der Waals surface area contributed by atoms with Gasteiger partial charge in [0.1, 0.15) is 11.8 Å². The Balaban J connectivity index is 2.16. The summed E-state index contributed by atoms with van der Waals surface area (Å²) < 4.78 is 15.9. The highest BCUT2D eigenvalue weighted by atomic mass is 16.5. The largest absolute Gasteiger partial charge is 0.497 e. The molecule has 0 heterocycles. The Labute approximate surface area is 171 Å². The van der Waals surface area contributed by atoms with Crippen molar-refractivity contribution < 1.29 is 19.0 Å². The van der Waals surface area contributed by atoms with Gasteiger partial charge in [-0.2, -0.15) is 5.26 Å². The highest BCUT2D eigenvalue weighted by molar-refractivity contribution is 5.92. The van der Waals surface area contributed by atoms with E-state index in [0.717, 1.165) is 16.9 Å². The van der Waals surface area contributed by atoms with Crippen LogP contribution in [0.25, 0.3) is 6.08 Å². The lowest BCUT2D eigenvalue weighted by molar-refractivity contribution is -0.127. The standard InChI is InChI=1S/C23H26N2O4/c1-5-25(17(2)19-7-6-8-20(16-19)27-3)23(26)12-10-18-9-11-21(29-14-13-24)22(15-18)28-4/h6-12,15-17H,5,14H2,1-4H3/b12-10+. The second-order valence-electron chi connectivity index (χ2n) is 6.27. The molecule has 0 fully saturated rings. The van der Waals surface area contributed by atoms with Crippen LogP contribution in [0.3, 0.4) is 0 Å². The van der Waals surface area contributed by atoms with Crippen LogP contribution in [0, 0.1) is 11.3 Å². The molecule has 1 amide bonds. The Morgan fingerprint density at radius 2 is 1.97 bits per heavy atom. The van der Waals surface area contributed by atoms with E-state index in [9.17, 15) is 4.79 Å². The predicted molar refractivity (Wildman–Crippen MR) is 112 cm³/mol. The topological polar surface area (TPSA) is 71.8 Å². The molecule has 1 unspecified atom stereocenters. The number of nitriles is 1. The fraction of sp³-hybridized carbons (Fsp3) is 0.304. The van der Waals surface area contributed by atoms with Crippen molar-refractivity contribution in [2.75, 3.05) is 27.4 Å². The number of likely N-dealkylation sites (N-methyl/N-ethyl adjacent to an activating group) is 1. The molecule has 2 rings (SSSR count). The quantitative estimate of drug-likeness (QED) is 0.595. The van der Waals surface area contributed by atoms with Crippen LogP contribution in [0.4, 0.5) is 0 Å². The summed E-state index contributed by atoms with van der Waals surface area (Å²) in [6.07, 6.45) is 3.28. The van der Waals surface area contributed by atoms with E-state index >= 15 is 0 Å². The predicted octanol–water partition coefficient (Wildman–Crippen LogP) is 4.23. The summed E-state index contributed by atoms with van der Waals surface area (Å²) in [7, 11) is 3.15. The minimum absolute atomic E-state index is 0.0579. The van der Waals surface area contributed by atoms with Gasteiger partial charge in [0.2, 0.25) is 5.91 Å². The van der Waals surface area contributed by atoms with Crippen molar-refractivity contribution in [3.63, 3.8) is 0 Å². The van der Waals surface area contributed by atoms with E-state index in [1.54, 1.807) is 42.4 Å². The Morgan fingerprint density at radius 1 is 1.17 bits per heavy atom. The lowest BCUT2D eigenvalue weighted by Gasteiger charge is -2.27. The Bertz CT molecular complexity index is 902. The molecule has 29 heavy (non-hydrogen) atoms. The Hall–Kier alpha value is -3.46. The van der Waals surface area contributed by atoms with Crippen LogP contribution >= 0.6 is 0 Å². The van der Waals surface area contributed by atoms with Crippen LogP contribution in [0.2, 0.25) is 0 Å². The summed E-state index contributed by atoms with van der Waals surface area (Å²) in [5.41, 5.74) is 1.80. The SMILES string of the molecule is CCN(C(=O)/C=C/c1ccc(OCC#N)c(OC)c1)C(C)c1cccc(OC)c1. The molecule has 2 aromatic carbocycles. The Kier molecular flexibility index (Phi) is 8.11. The van der Waals surface area contributed by atoms with E-state index in [0.29, 0.717) is 18.0 Å². The molecule has 0 aliphatic rings. The fourth-order valence-corrected chi connectivity index (χ4v) is 2.98. The molecule has 152 valence electrons. The maximum Gasteiger partial charge on any atom is 0.247 e. The number of carbonyl (C=O) groups is 1. The maximum absolute atomic E-state index is 12.8. The van der Waals surface area contributed by atoms with Crippen molar-refractivity contribution in [3.8, 4) is 23.3 Å². The van der Waals surface area contributed by atoms with Gasteiger partial charge in [-0.25, -0.2) is 0 Å². The van der Waals surface area contributed by atoms with Gasteiger partial charge < -0.3 is 19.1 Å². The molecule has 0 aliphatic heterocycles. The highest BCUT2D eigenvalue weighted by Gasteiger charge is 2.18. The third-order valence-electron chi connectivity index (χ3n) is 4.57.